The number of amides is 2. The number of likely N-dealkylation sites (tertiary alicyclic amines) is 2. The van der Waals surface area contributed by atoms with Crippen LogP contribution in [0.15, 0.2) is 30.3 Å². The lowest BCUT2D eigenvalue weighted by Gasteiger charge is -2.34. The maximum Gasteiger partial charge on any atom is 0.411 e. The summed E-state index contributed by atoms with van der Waals surface area (Å²) in [5.41, 5.74) is -0.131. The fourth-order valence-corrected chi connectivity index (χ4v) is 3.72. The summed E-state index contributed by atoms with van der Waals surface area (Å²) >= 11 is 0. The molecule has 5 nitrogen and oxygen atoms in total. The van der Waals surface area contributed by atoms with Gasteiger partial charge in [0, 0.05) is 19.6 Å². The molecule has 5 heteroatoms. The number of hydrogen-bond acceptors (Lipinski definition) is 3. The van der Waals surface area contributed by atoms with Crippen LogP contribution < -0.4 is 0 Å². The molecule has 1 aromatic carbocycles. The van der Waals surface area contributed by atoms with Gasteiger partial charge in [0.25, 0.3) is 0 Å². The Morgan fingerprint density at radius 2 is 1.88 bits per heavy atom. The SMILES string of the molecule is CC(C)(C)OC(=O)N1CCC[C@@]12CCN(Cc1ccccc1)C2=O. The Labute approximate surface area is 143 Å². The molecule has 2 amide bonds. The van der Waals surface area contributed by atoms with Crippen LogP contribution in [0.25, 0.3) is 0 Å². The third-order valence-corrected chi connectivity index (χ3v) is 4.80. The maximum absolute atomic E-state index is 13.1. The second-order valence-corrected chi connectivity index (χ2v) is 7.73. The van der Waals surface area contributed by atoms with Crippen LogP contribution >= 0.6 is 0 Å². The molecule has 1 spiro atoms. The highest BCUT2D eigenvalue weighted by atomic mass is 16.6. The van der Waals surface area contributed by atoms with Crippen LogP contribution in [0.5, 0.6) is 0 Å². The number of carbonyl (C=O) groups is 2. The van der Waals surface area contributed by atoms with E-state index in [1.54, 1.807) is 4.90 Å². The Kier molecular flexibility index (Phi) is 4.28. The zero-order valence-electron chi connectivity index (χ0n) is 14.7. The summed E-state index contributed by atoms with van der Waals surface area (Å²) in [5, 5.41) is 0. The van der Waals surface area contributed by atoms with Crippen molar-refractivity contribution in [2.75, 3.05) is 13.1 Å². The average molecular weight is 330 g/mol. The third kappa shape index (κ3) is 3.12. The van der Waals surface area contributed by atoms with Crippen molar-refractivity contribution in [1.29, 1.82) is 0 Å². The summed E-state index contributed by atoms with van der Waals surface area (Å²) in [7, 11) is 0. The molecule has 24 heavy (non-hydrogen) atoms. The van der Waals surface area contributed by atoms with Crippen molar-refractivity contribution in [2.45, 2.75) is 57.7 Å². The summed E-state index contributed by atoms with van der Waals surface area (Å²) in [6.45, 7) is 7.44. The number of nitrogens with zero attached hydrogens (tertiary/aromatic N) is 2. The van der Waals surface area contributed by atoms with Gasteiger partial charge < -0.3 is 9.64 Å². The van der Waals surface area contributed by atoms with Gasteiger partial charge in [-0.2, -0.15) is 0 Å². The Hall–Kier alpha value is -2.04. The average Bonchev–Trinajstić information content (AvgIpc) is 3.07. The number of benzene rings is 1. The quantitative estimate of drug-likeness (QED) is 0.837. The van der Waals surface area contributed by atoms with Gasteiger partial charge in [-0.25, -0.2) is 4.79 Å². The van der Waals surface area contributed by atoms with Crippen LogP contribution in [0.4, 0.5) is 4.79 Å². The molecule has 1 atom stereocenters. The van der Waals surface area contributed by atoms with E-state index in [2.05, 4.69) is 0 Å². The summed E-state index contributed by atoms with van der Waals surface area (Å²) in [6, 6.07) is 9.98. The predicted octanol–water partition coefficient (Wildman–Crippen LogP) is 3.19. The molecule has 0 saturated carbocycles. The van der Waals surface area contributed by atoms with Crippen LogP contribution in [0.2, 0.25) is 0 Å². The molecule has 0 aromatic heterocycles. The topological polar surface area (TPSA) is 49.9 Å². The van der Waals surface area contributed by atoms with E-state index in [0.29, 0.717) is 26.1 Å². The molecule has 130 valence electrons. The first-order chi connectivity index (χ1) is 11.3. The normalized spacial score (nSPS) is 24.0. The van der Waals surface area contributed by atoms with Crippen LogP contribution in [0, 0.1) is 0 Å². The van der Waals surface area contributed by atoms with Crippen molar-refractivity contribution >= 4 is 12.0 Å². The van der Waals surface area contributed by atoms with E-state index in [1.165, 1.54) is 0 Å². The van der Waals surface area contributed by atoms with Gasteiger partial charge in [0.1, 0.15) is 11.1 Å². The fourth-order valence-electron chi connectivity index (χ4n) is 3.72. The first kappa shape index (κ1) is 16.8. The minimum absolute atomic E-state index is 0.0645. The Morgan fingerprint density at radius 3 is 2.54 bits per heavy atom. The molecule has 0 bridgehead atoms. The number of rotatable bonds is 2. The number of carbonyl (C=O) groups excluding carboxylic acids is 2. The molecule has 2 aliphatic heterocycles. The second kappa shape index (κ2) is 6.11. The van der Waals surface area contributed by atoms with E-state index < -0.39 is 11.1 Å². The van der Waals surface area contributed by atoms with Crippen molar-refractivity contribution in [2.24, 2.45) is 0 Å². The van der Waals surface area contributed by atoms with Gasteiger partial charge >= 0.3 is 6.09 Å². The monoisotopic (exact) mass is 330 g/mol. The smallest absolute Gasteiger partial charge is 0.411 e. The van der Waals surface area contributed by atoms with E-state index >= 15 is 0 Å². The molecule has 0 aliphatic carbocycles. The van der Waals surface area contributed by atoms with E-state index in [9.17, 15) is 9.59 Å². The number of ether oxygens (including phenoxy) is 1. The first-order valence-corrected chi connectivity index (χ1v) is 8.66. The minimum atomic E-state index is -0.697. The van der Waals surface area contributed by atoms with Crippen molar-refractivity contribution in [1.82, 2.24) is 9.80 Å². The van der Waals surface area contributed by atoms with Crippen LogP contribution in [-0.4, -0.2) is 46.0 Å². The van der Waals surface area contributed by atoms with Crippen LogP contribution in [0.1, 0.15) is 45.6 Å². The zero-order valence-corrected chi connectivity index (χ0v) is 14.7. The van der Waals surface area contributed by atoms with Crippen LogP contribution in [-0.2, 0) is 16.1 Å². The lowest BCUT2D eigenvalue weighted by atomic mass is 9.94. The van der Waals surface area contributed by atoms with Gasteiger partial charge in [-0.05, 0) is 45.6 Å². The minimum Gasteiger partial charge on any atom is -0.444 e. The Bertz CT molecular complexity index is 623. The van der Waals surface area contributed by atoms with E-state index in [0.717, 1.165) is 18.4 Å². The highest BCUT2D eigenvalue weighted by Crippen LogP contribution is 2.40. The van der Waals surface area contributed by atoms with Crippen LogP contribution in [0.3, 0.4) is 0 Å². The molecule has 0 unspecified atom stereocenters. The first-order valence-electron chi connectivity index (χ1n) is 8.66. The van der Waals surface area contributed by atoms with Crippen molar-refractivity contribution < 1.29 is 14.3 Å². The molecule has 3 rings (SSSR count). The summed E-state index contributed by atoms with van der Waals surface area (Å²) in [5.74, 6) is 0.0645. The molecule has 0 radical (unpaired) electrons. The van der Waals surface area contributed by atoms with E-state index in [-0.39, 0.29) is 12.0 Å². The molecule has 2 heterocycles. The molecule has 0 N–H and O–H groups in total. The summed E-state index contributed by atoms with van der Waals surface area (Å²) in [6.07, 6.45) is 1.91. The van der Waals surface area contributed by atoms with Gasteiger partial charge in [0.15, 0.2) is 0 Å². The Balaban J connectivity index is 1.75. The maximum atomic E-state index is 13.1. The molecular weight excluding hydrogens is 304 g/mol. The lowest BCUT2D eigenvalue weighted by Crippen LogP contribution is -2.53. The lowest BCUT2D eigenvalue weighted by molar-refractivity contribution is -0.137. The molecule has 2 fully saturated rings. The standard InChI is InChI=1S/C19H26N2O3/c1-18(2,3)24-17(23)21-12-7-10-19(21)11-13-20(16(19)22)14-15-8-5-4-6-9-15/h4-6,8-9H,7,10-14H2,1-3H3/t19-/m0/s1. The van der Waals surface area contributed by atoms with Gasteiger partial charge in [0.05, 0.1) is 0 Å². The Morgan fingerprint density at radius 1 is 1.17 bits per heavy atom. The molecule has 1 aromatic rings. The molecule has 2 aliphatic rings. The highest BCUT2D eigenvalue weighted by Gasteiger charge is 2.55. The van der Waals surface area contributed by atoms with E-state index in [4.69, 9.17) is 4.74 Å². The van der Waals surface area contributed by atoms with Gasteiger partial charge in [-0.3, -0.25) is 9.69 Å². The highest BCUT2D eigenvalue weighted by molar-refractivity contribution is 5.92. The van der Waals surface area contributed by atoms with Gasteiger partial charge in [-0.15, -0.1) is 0 Å². The summed E-state index contributed by atoms with van der Waals surface area (Å²) in [4.78, 5) is 29.2. The zero-order chi connectivity index (χ0) is 17.4. The van der Waals surface area contributed by atoms with E-state index in [1.807, 2.05) is 56.0 Å². The molecular formula is C19H26N2O3. The van der Waals surface area contributed by atoms with Crippen molar-refractivity contribution in [3.8, 4) is 0 Å². The second-order valence-electron chi connectivity index (χ2n) is 7.73. The summed E-state index contributed by atoms with van der Waals surface area (Å²) < 4.78 is 5.53. The van der Waals surface area contributed by atoms with Gasteiger partial charge in [-0.1, -0.05) is 30.3 Å². The van der Waals surface area contributed by atoms with Gasteiger partial charge in [0.2, 0.25) is 5.91 Å². The fraction of sp³-hybridized carbons (Fsp3) is 0.579. The number of hydrogen-bond donors (Lipinski definition) is 0. The van der Waals surface area contributed by atoms with Crippen molar-refractivity contribution in [3.63, 3.8) is 0 Å². The third-order valence-electron chi connectivity index (χ3n) is 4.80. The largest absolute Gasteiger partial charge is 0.444 e. The molecule has 2 saturated heterocycles. The van der Waals surface area contributed by atoms with Crippen molar-refractivity contribution in [3.05, 3.63) is 35.9 Å². The predicted molar refractivity (Wildman–Crippen MR) is 91.4 cm³/mol.